The molecule has 0 aliphatic heterocycles. The molecule has 0 fully saturated rings. The first-order chi connectivity index (χ1) is 15.7. The predicted octanol–water partition coefficient (Wildman–Crippen LogP) is 6.18. The largest absolute Gasteiger partial charge is 0.475 e. The monoisotopic (exact) mass is 471 g/mol. The Morgan fingerprint density at radius 3 is 2.55 bits per heavy atom. The third-order valence-corrected chi connectivity index (χ3v) is 5.50. The van der Waals surface area contributed by atoms with E-state index in [1.165, 1.54) is 6.20 Å². The fraction of sp³-hybridized carbons (Fsp3) is 0.423. The van der Waals surface area contributed by atoms with Crippen LogP contribution in [0.2, 0.25) is 5.02 Å². The molecule has 6 nitrogen and oxygen atoms in total. The molecule has 0 aliphatic carbocycles. The van der Waals surface area contributed by atoms with Gasteiger partial charge < -0.3 is 14.4 Å². The van der Waals surface area contributed by atoms with Gasteiger partial charge in [0, 0.05) is 31.3 Å². The lowest BCUT2D eigenvalue weighted by Crippen LogP contribution is -2.42. The molecule has 0 N–H and O–H groups in total. The Labute approximate surface area is 202 Å². The molecule has 0 radical (unpaired) electrons. The van der Waals surface area contributed by atoms with Crippen LogP contribution in [-0.4, -0.2) is 46.9 Å². The van der Waals surface area contributed by atoms with Crippen molar-refractivity contribution in [2.24, 2.45) is 4.99 Å². The molecule has 0 saturated heterocycles. The number of rotatable bonds is 10. The minimum atomic E-state index is -0.183. The maximum absolute atomic E-state index is 13.5. The molecule has 0 saturated carbocycles. The Bertz CT molecular complexity index is 989. The highest BCUT2D eigenvalue weighted by Gasteiger charge is 2.24. The van der Waals surface area contributed by atoms with Crippen molar-refractivity contribution in [2.75, 3.05) is 13.2 Å². The number of carbonyl (C=O) groups is 1. The Balaban J connectivity index is 2.21. The van der Waals surface area contributed by atoms with Crippen LogP contribution in [0.4, 0.5) is 0 Å². The van der Waals surface area contributed by atoms with Crippen LogP contribution in [0.25, 0.3) is 5.76 Å². The summed E-state index contributed by atoms with van der Waals surface area (Å²) in [6.07, 6.45) is 2.44. The topological polar surface area (TPSA) is 64.0 Å². The summed E-state index contributed by atoms with van der Waals surface area (Å²) in [5, 5.41) is 0.541. The molecule has 2 aromatic rings. The zero-order chi connectivity index (χ0) is 24.5. The number of hydrogen-bond donors (Lipinski definition) is 0. The molecule has 0 bridgehead atoms. The van der Waals surface area contributed by atoms with E-state index in [-0.39, 0.29) is 18.0 Å². The maximum Gasteiger partial charge on any atom is 0.254 e. The molecule has 33 heavy (non-hydrogen) atoms. The smallest absolute Gasteiger partial charge is 0.254 e. The first kappa shape index (κ1) is 26.4. The number of hydrogen-bond acceptors (Lipinski definition) is 5. The number of aromatic nitrogens is 1. The maximum atomic E-state index is 13.5. The van der Waals surface area contributed by atoms with Crippen molar-refractivity contribution in [3.8, 4) is 5.88 Å². The average molecular weight is 472 g/mol. The van der Waals surface area contributed by atoms with E-state index in [0.717, 1.165) is 12.0 Å². The van der Waals surface area contributed by atoms with Crippen LogP contribution in [0.3, 0.4) is 0 Å². The molecule has 7 heteroatoms. The van der Waals surface area contributed by atoms with Gasteiger partial charge in [-0.25, -0.2) is 4.98 Å². The van der Waals surface area contributed by atoms with Gasteiger partial charge in [0.05, 0.1) is 22.7 Å². The fourth-order valence-electron chi connectivity index (χ4n) is 3.29. The van der Waals surface area contributed by atoms with Gasteiger partial charge in [0.1, 0.15) is 12.4 Å². The minimum absolute atomic E-state index is 0.117. The van der Waals surface area contributed by atoms with E-state index in [0.29, 0.717) is 46.8 Å². The lowest BCUT2D eigenvalue weighted by Gasteiger charge is -2.29. The first-order valence-corrected chi connectivity index (χ1v) is 11.6. The predicted molar refractivity (Wildman–Crippen MR) is 135 cm³/mol. The summed E-state index contributed by atoms with van der Waals surface area (Å²) in [4.78, 5) is 23.9. The number of aliphatic imine (C=N–C) groups is 1. The van der Waals surface area contributed by atoms with E-state index < -0.39 is 0 Å². The fourth-order valence-corrected chi connectivity index (χ4v) is 3.40. The third kappa shape index (κ3) is 7.60. The number of amides is 1. The zero-order valence-electron chi connectivity index (χ0n) is 20.4. The van der Waals surface area contributed by atoms with Crippen LogP contribution in [-0.2, 0) is 4.74 Å². The molecular formula is C26H34ClN3O3. The van der Waals surface area contributed by atoms with Crippen LogP contribution >= 0.6 is 11.6 Å². The van der Waals surface area contributed by atoms with Gasteiger partial charge in [-0.15, -0.1) is 0 Å². The quantitative estimate of drug-likeness (QED) is 0.236. The number of halogens is 1. The van der Waals surface area contributed by atoms with Crippen molar-refractivity contribution in [3.63, 3.8) is 0 Å². The summed E-state index contributed by atoms with van der Waals surface area (Å²) in [6.45, 7) is 16.7. The number of pyridine rings is 1. The van der Waals surface area contributed by atoms with Gasteiger partial charge in [-0.3, -0.25) is 9.79 Å². The highest BCUT2D eigenvalue weighted by molar-refractivity contribution is 6.30. The number of nitrogens with zero attached hydrogens (tertiary/aromatic N) is 3. The number of benzene rings is 1. The number of ether oxygens (including phenoxy) is 2. The highest BCUT2D eigenvalue weighted by Crippen LogP contribution is 2.24. The lowest BCUT2D eigenvalue weighted by molar-refractivity contribution is 0.0646. The molecule has 0 spiro atoms. The summed E-state index contributed by atoms with van der Waals surface area (Å²) >= 11 is 5.88. The standard InChI is InChI=1S/C26H34ClN3O3/c1-8-18(4)29-21(7)33-20(6)24-14-17(3)10-12-23(24)26(31)30(9-2)19(5)16-32-25-13-11-22(27)15-28-25/h10-15,18-19H,6,8-9,16H2,1-5,7H3/b29-21-. The van der Waals surface area contributed by atoms with Crippen LogP contribution in [0.5, 0.6) is 5.88 Å². The van der Waals surface area contributed by atoms with E-state index in [9.17, 15) is 4.79 Å². The van der Waals surface area contributed by atoms with Crippen molar-refractivity contribution >= 4 is 29.2 Å². The van der Waals surface area contributed by atoms with Crippen LogP contribution in [0, 0.1) is 6.92 Å². The van der Waals surface area contributed by atoms with Gasteiger partial charge in [0.15, 0.2) is 5.90 Å². The number of likely N-dealkylation sites (N-methyl/N-ethyl adjacent to an activating group) is 1. The normalized spacial score (nSPS) is 13.2. The van der Waals surface area contributed by atoms with E-state index in [1.807, 2.05) is 45.9 Å². The Morgan fingerprint density at radius 2 is 1.94 bits per heavy atom. The summed E-state index contributed by atoms with van der Waals surface area (Å²) in [7, 11) is 0. The molecule has 178 valence electrons. The summed E-state index contributed by atoms with van der Waals surface area (Å²) < 4.78 is 11.7. The molecule has 1 amide bonds. The Hall–Kier alpha value is -2.86. The molecule has 1 aromatic heterocycles. The highest BCUT2D eigenvalue weighted by atomic mass is 35.5. The van der Waals surface area contributed by atoms with E-state index in [2.05, 4.69) is 23.5 Å². The van der Waals surface area contributed by atoms with Gasteiger partial charge >= 0.3 is 0 Å². The molecule has 1 aromatic carbocycles. The zero-order valence-corrected chi connectivity index (χ0v) is 21.1. The molecular weight excluding hydrogens is 438 g/mol. The number of carbonyl (C=O) groups excluding carboxylic acids is 1. The lowest BCUT2D eigenvalue weighted by atomic mass is 10.0. The van der Waals surface area contributed by atoms with E-state index in [4.69, 9.17) is 21.1 Å². The summed E-state index contributed by atoms with van der Waals surface area (Å²) in [5.41, 5.74) is 2.20. The molecule has 0 aliphatic rings. The van der Waals surface area contributed by atoms with Crippen molar-refractivity contribution in [1.82, 2.24) is 9.88 Å². The van der Waals surface area contributed by atoms with Crippen molar-refractivity contribution in [2.45, 2.75) is 60.0 Å². The van der Waals surface area contributed by atoms with Gasteiger partial charge in [-0.05, 0) is 52.3 Å². The minimum Gasteiger partial charge on any atom is -0.475 e. The molecule has 1 heterocycles. The molecule has 2 unspecified atom stereocenters. The van der Waals surface area contributed by atoms with Crippen molar-refractivity contribution in [3.05, 3.63) is 64.8 Å². The molecule has 2 atom stereocenters. The van der Waals surface area contributed by atoms with Gasteiger partial charge in [0.2, 0.25) is 5.88 Å². The van der Waals surface area contributed by atoms with Crippen molar-refractivity contribution in [1.29, 1.82) is 0 Å². The Kier molecular flexibility index (Phi) is 9.92. The number of aryl methyl sites for hydroxylation is 1. The summed E-state index contributed by atoms with van der Waals surface area (Å²) in [5.74, 6) is 1.27. The molecule has 2 rings (SSSR count). The van der Waals surface area contributed by atoms with Crippen LogP contribution < -0.4 is 4.74 Å². The van der Waals surface area contributed by atoms with Crippen molar-refractivity contribution < 1.29 is 14.3 Å². The van der Waals surface area contributed by atoms with Gasteiger partial charge in [0.25, 0.3) is 5.91 Å². The average Bonchev–Trinajstić information content (AvgIpc) is 2.78. The second-order valence-electron chi connectivity index (χ2n) is 8.05. The summed E-state index contributed by atoms with van der Waals surface area (Å²) in [6, 6.07) is 9.04. The van der Waals surface area contributed by atoms with E-state index >= 15 is 0 Å². The first-order valence-electron chi connectivity index (χ1n) is 11.2. The van der Waals surface area contributed by atoms with Crippen LogP contribution in [0.1, 0.15) is 62.5 Å². The van der Waals surface area contributed by atoms with Gasteiger partial charge in [-0.2, -0.15) is 0 Å². The van der Waals surface area contributed by atoms with E-state index in [1.54, 1.807) is 24.0 Å². The second-order valence-corrected chi connectivity index (χ2v) is 8.48. The third-order valence-electron chi connectivity index (χ3n) is 5.28. The van der Waals surface area contributed by atoms with Gasteiger partial charge in [-0.1, -0.05) is 36.7 Å². The second kappa shape index (κ2) is 12.4. The van der Waals surface area contributed by atoms with Crippen LogP contribution in [0.15, 0.2) is 48.1 Å². The SMILES string of the molecule is C=C(O/C(C)=N\C(C)CC)c1cc(C)ccc1C(=O)N(CC)C(C)COc1ccc(Cl)cn1. The Morgan fingerprint density at radius 1 is 1.21 bits per heavy atom.